The van der Waals surface area contributed by atoms with E-state index in [0.717, 1.165) is 38.6 Å². The summed E-state index contributed by atoms with van der Waals surface area (Å²) >= 11 is 0. The van der Waals surface area contributed by atoms with Gasteiger partial charge < -0.3 is 10.5 Å². The second-order valence-electron chi connectivity index (χ2n) is 9.33. The van der Waals surface area contributed by atoms with Crippen LogP contribution in [-0.2, 0) is 9.59 Å². The van der Waals surface area contributed by atoms with Crippen LogP contribution in [0.2, 0.25) is 0 Å². The van der Waals surface area contributed by atoms with E-state index in [2.05, 4.69) is 21.9 Å². The largest absolute Gasteiger partial charge is 0.473 e. The minimum Gasteiger partial charge on any atom is -0.473 e. The number of nitrogens with two attached hydrogens (primary N) is 1. The number of carbonyl (C=O) groups is 2. The van der Waals surface area contributed by atoms with Gasteiger partial charge in [-0.1, -0.05) is 6.42 Å². The molecule has 170 valence electrons. The van der Waals surface area contributed by atoms with E-state index in [0.29, 0.717) is 31.3 Å². The number of carbonyl (C=O) groups excluding carboxylic acids is 2. The number of ether oxygens (including phenoxy) is 1. The summed E-state index contributed by atoms with van der Waals surface area (Å²) in [7, 11) is 2.07. The van der Waals surface area contributed by atoms with Crippen molar-refractivity contribution in [2.75, 3.05) is 13.6 Å². The third-order valence-electron chi connectivity index (χ3n) is 7.34. The third-order valence-corrected chi connectivity index (χ3v) is 7.34. The van der Waals surface area contributed by atoms with E-state index in [-0.39, 0.29) is 46.8 Å². The number of aromatic nitrogens is 2. The Hall–Kier alpha value is -2.79. The third kappa shape index (κ3) is 4.02. The monoisotopic (exact) mass is 437 g/mol. The van der Waals surface area contributed by atoms with Crippen molar-refractivity contribution in [3.05, 3.63) is 23.2 Å². The molecule has 1 aliphatic heterocycles. The highest BCUT2D eigenvalue weighted by atomic mass is 16.5. The molecule has 0 bridgehead atoms. The quantitative estimate of drug-likeness (QED) is 0.563. The minimum absolute atomic E-state index is 0.0315. The molecule has 2 saturated carbocycles. The molecule has 2 N–H and O–H groups in total. The Morgan fingerprint density at radius 3 is 2.72 bits per heavy atom. The van der Waals surface area contributed by atoms with Crippen LogP contribution in [-0.4, -0.2) is 52.2 Å². The van der Waals surface area contributed by atoms with Gasteiger partial charge in [-0.25, -0.2) is 4.98 Å². The van der Waals surface area contributed by atoms with Gasteiger partial charge in [0.05, 0.1) is 11.1 Å². The molecule has 0 amide bonds. The summed E-state index contributed by atoms with van der Waals surface area (Å²) in [5.74, 6) is 0.244. The number of likely N-dealkylation sites (tertiary alicyclic amines) is 1. The number of nitrogens with zero attached hydrogens (tertiary/aromatic N) is 4. The van der Waals surface area contributed by atoms with Crippen LogP contribution in [0.15, 0.2) is 11.6 Å². The molecule has 3 aliphatic rings. The summed E-state index contributed by atoms with van der Waals surface area (Å²) in [5.41, 5.74) is 6.17. The maximum Gasteiger partial charge on any atom is 0.218 e. The van der Waals surface area contributed by atoms with Crippen LogP contribution in [0.25, 0.3) is 5.70 Å². The van der Waals surface area contributed by atoms with E-state index in [4.69, 9.17) is 10.5 Å². The van der Waals surface area contributed by atoms with Crippen molar-refractivity contribution in [1.29, 1.82) is 5.26 Å². The molecule has 1 aromatic heterocycles. The van der Waals surface area contributed by atoms with Crippen LogP contribution in [0.1, 0.15) is 76.2 Å². The molecule has 0 aromatic carbocycles. The molecule has 2 heterocycles. The van der Waals surface area contributed by atoms with E-state index < -0.39 is 5.41 Å². The number of hydrogen-bond donors (Lipinski definition) is 1. The van der Waals surface area contributed by atoms with Crippen molar-refractivity contribution < 1.29 is 14.3 Å². The number of nitriles is 1. The van der Waals surface area contributed by atoms with Crippen LogP contribution in [0.3, 0.4) is 0 Å². The van der Waals surface area contributed by atoms with Crippen LogP contribution in [0, 0.1) is 16.7 Å². The van der Waals surface area contributed by atoms with Crippen LogP contribution in [0.4, 0.5) is 0 Å². The molecule has 0 unspecified atom stereocenters. The smallest absolute Gasteiger partial charge is 0.218 e. The minimum atomic E-state index is -0.940. The Kier molecular flexibility index (Phi) is 6.29. The van der Waals surface area contributed by atoms with Crippen molar-refractivity contribution in [2.45, 2.75) is 76.9 Å². The van der Waals surface area contributed by atoms with Gasteiger partial charge in [-0.2, -0.15) is 10.2 Å². The maximum atomic E-state index is 13.4. The summed E-state index contributed by atoms with van der Waals surface area (Å²) < 4.78 is 6.08. The molecule has 3 atom stereocenters. The molecule has 8 nitrogen and oxygen atoms in total. The summed E-state index contributed by atoms with van der Waals surface area (Å²) in [6, 6.07) is 3.81. The number of likely N-dealkylation sites (N-methyl/N-ethyl adjacent to an activating group) is 1. The van der Waals surface area contributed by atoms with Gasteiger partial charge in [0.15, 0.2) is 11.6 Å². The van der Waals surface area contributed by atoms with Crippen molar-refractivity contribution in [3.8, 4) is 11.9 Å². The van der Waals surface area contributed by atoms with Gasteiger partial charge in [-0.05, 0) is 65.5 Å². The lowest BCUT2D eigenvalue weighted by atomic mass is 9.62. The van der Waals surface area contributed by atoms with E-state index >= 15 is 0 Å². The van der Waals surface area contributed by atoms with Crippen molar-refractivity contribution in [3.63, 3.8) is 0 Å². The van der Waals surface area contributed by atoms with Crippen molar-refractivity contribution in [1.82, 2.24) is 14.9 Å². The molecule has 1 spiro atoms. The zero-order valence-corrected chi connectivity index (χ0v) is 18.9. The highest BCUT2D eigenvalue weighted by molar-refractivity contribution is 6.17. The Bertz CT molecular complexity index is 994. The fourth-order valence-electron chi connectivity index (χ4n) is 5.53. The first kappa shape index (κ1) is 22.4. The first-order chi connectivity index (χ1) is 15.4. The number of Topliss-reactive ketones (excluding diaryl/α,β-unsaturated/α-hetero) is 2. The van der Waals surface area contributed by atoms with E-state index in [9.17, 15) is 14.9 Å². The van der Waals surface area contributed by atoms with Crippen LogP contribution < -0.4 is 10.5 Å². The van der Waals surface area contributed by atoms with Crippen molar-refractivity contribution in [2.24, 2.45) is 11.1 Å². The second-order valence-corrected chi connectivity index (χ2v) is 9.33. The molecule has 2 aliphatic carbocycles. The van der Waals surface area contributed by atoms with Gasteiger partial charge >= 0.3 is 0 Å². The van der Waals surface area contributed by atoms with Crippen molar-refractivity contribution >= 4 is 17.3 Å². The SMILES string of the molecule is C[C@H](Oc1cc(C#N)nc(C(N)=C2CCC[C@@]3(CCCCC3=O)C2=O)n1)[C@@H]1CCCN1C. The summed E-state index contributed by atoms with van der Waals surface area (Å²) in [5, 5.41) is 9.48. The van der Waals surface area contributed by atoms with Gasteiger partial charge in [0.2, 0.25) is 5.88 Å². The topological polar surface area (TPSA) is 122 Å². The highest BCUT2D eigenvalue weighted by Gasteiger charge is 2.49. The Balaban J connectivity index is 1.65. The lowest BCUT2D eigenvalue weighted by Crippen LogP contribution is -2.45. The first-order valence-corrected chi connectivity index (χ1v) is 11.6. The Morgan fingerprint density at radius 1 is 1.25 bits per heavy atom. The molecular formula is C24H31N5O3. The van der Waals surface area contributed by atoms with Gasteiger partial charge in [0.1, 0.15) is 23.7 Å². The van der Waals surface area contributed by atoms with E-state index in [1.54, 1.807) is 0 Å². The zero-order chi connectivity index (χ0) is 22.9. The van der Waals surface area contributed by atoms with Crippen LogP contribution in [0.5, 0.6) is 5.88 Å². The lowest BCUT2D eigenvalue weighted by molar-refractivity contribution is -0.143. The molecule has 4 rings (SSSR count). The fraction of sp³-hybridized carbons (Fsp3) is 0.625. The van der Waals surface area contributed by atoms with Gasteiger partial charge in [0, 0.05) is 24.1 Å². The summed E-state index contributed by atoms with van der Waals surface area (Å²) in [6.45, 7) is 3.02. The number of ketones is 2. The van der Waals surface area contributed by atoms with Gasteiger partial charge in [-0.3, -0.25) is 14.5 Å². The molecule has 0 radical (unpaired) electrons. The lowest BCUT2D eigenvalue weighted by Gasteiger charge is -2.38. The van der Waals surface area contributed by atoms with Crippen LogP contribution >= 0.6 is 0 Å². The standard InChI is InChI=1S/C24H31N5O3/c1-15(18-8-6-12-29(18)2)32-20-13-16(14-25)27-23(28-20)21(26)17-7-5-11-24(22(17)31)10-4-3-9-19(24)30/h13,15,18H,3-12,26H2,1-2H3/t15-,18-,24+/m0/s1. The number of hydrogen-bond acceptors (Lipinski definition) is 8. The molecule has 1 saturated heterocycles. The Morgan fingerprint density at radius 2 is 2.03 bits per heavy atom. The molecule has 8 heteroatoms. The zero-order valence-electron chi connectivity index (χ0n) is 18.9. The summed E-state index contributed by atoms with van der Waals surface area (Å²) in [4.78, 5) is 37.1. The second kappa shape index (κ2) is 8.99. The number of rotatable bonds is 4. The fourth-order valence-corrected chi connectivity index (χ4v) is 5.53. The molecule has 32 heavy (non-hydrogen) atoms. The van der Waals surface area contributed by atoms with Gasteiger partial charge in [-0.15, -0.1) is 0 Å². The van der Waals surface area contributed by atoms with Gasteiger partial charge in [0.25, 0.3) is 0 Å². The van der Waals surface area contributed by atoms with E-state index in [1.165, 1.54) is 6.07 Å². The average Bonchev–Trinajstić information content (AvgIpc) is 3.22. The first-order valence-electron chi connectivity index (χ1n) is 11.6. The highest BCUT2D eigenvalue weighted by Crippen LogP contribution is 2.45. The molecule has 1 aromatic rings. The maximum absolute atomic E-state index is 13.4. The Labute approximate surface area is 188 Å². The molecular weight excluding hydrogens is 406 g/mol. The normalized spacial score (nSPS) is 29.1. The number of allylic oxidation sites excluding steroid dienone is 1. The predicted molar refractivity (Wildman–Crippen MR) is 118 cm³/mol. The van der Waals surface area contributed by atoms with E-state index in [1.807, 2.05) is 13.0 Å². The predicted octanol–water partition coefficient (Wildman–Crippen LogP) is 2.76. The average molecular weight is 438 g/mol. The summed E-state index contributed by atoms with van der Waals surface area (Å²) in [6.07, 6.45) is 6.57. The molecule has 3 fully saturated rings.